The third kappa shape index (κ3) is 5.26. The number of hydrogen-bond acceptors (Lipinski definition) is 7. The molecule has 1 aromatic rings. The largest absolute Gasteiger partial charge is 0.503 e. The molecule has 0 aliphatic carbocycles. The van der Waals surface area contributed by atoms with E-state index >= 15 is 0 Å². The normalized spacial score (nSPS) is 8.95. The Balaban J connectivity index is 0. The van der Waals surface area contributed by atoms with Crippen molar-refractivity contribution in [3.63, 3.8) is 0 Å². The number of hydrogen-bond donors (Lipinski definition) is 2. The molecule has 6 nitrogen and oxygen atoms in total. The summed E-state index contributed by atoms with van der Waals surface area (Å²) in [5.41, 5.74) is 0. The minimum Gasteiger partial charge on any atom is -0.503 e. The maximum absolute atomic E-state index is 11.4. The van der Waals surface area contributed by atoms with Crippen molar-refractivity contribution >= 4 is 82.4 Å². The molecule has 2 N–H and O–H groups in total. The second-order valence-corrected chi connectivity index (χ2v) is 3.92. The minimum atomic E-state index is -0.791. The number of carbonyl (C=O) groups excluding carboxylic acids is 2. The Hall–Kier alpha value is 0.240. The van der Waals surface area contributed by atoms with Gasteiger partial charge in [0.15, 0.2) is 21.3 Å². The fourth-order valence-electron chi connectivity index (χ4n) is 1.08. The minimum absolute atomic E-state index is 0. The van der Waals surface area contributed by atoms with Crippen molar-refractivity contribution in [1.29, 1.82) is 0 Å². The molecule has 9 heteroatoms. The predicted molar refractivity (Wildman–Crippen MR) is 71.1 cm³/mol. The van der Waals surface area contributed by atoms with Gasteiger partial charge in [0.05, 0.1) is 13.2 Å². The van der Waals surface area contributed by atoms with E-state index in [0.29, 0.717) is 11.3 Å². The maximum Gasteiger partial charge on any atom is 0.352 e. The van der Waals surface area contributed by atoms with Crippen LogP contribution in [-0.4, -0.2) is 94.5 Å². The Labute approximate surface area is 158 Å². The predicted octanol–water partition coefficient (Wildman–Crippen LogP) is 0.751. The third-order valence-corrected chi connectivity index (χ3v) is 2.91. The molecule has 0 bridgehead atoms. The number of esters is 2. The number of rotatable bonds is 4. The van der Waals surface area contributed by atoms with Crippen LogP contribution in [0, 0.1) is 0 Å². The molecule has 96 valence electrons. The summed E-state index contributed by atoms with van der Waals surface area (Å²) in [7, 11) is 0. The molecule has 0 saturated heterocycles. The number of aromatic hydroxyl groups is 2. The van der Waals surface area contributed by atoms with Crippen LogP contribution in [0.2, 0.25) is 0 Å². The molecule has 0 atom stereocenters. The third-order valence-electron chi connectivity index (χ3n) is 1.78. The van der Waals surface area contributed by atoms with E-state index in [9.17, 15) is 19.8 Å². The molecule has 0 saturated carbocycles. The smallest absolute Gasteiger partial charge is 0.352 e. The summed E-state index contributed by atoms with van der Waals surface area (Å²) in [6.45, 7) is 3.47. The first-order chi connectivity index (χ1) is 8.02. The van der Waals surface area contributed by atoms with Crippen molar-refractivity contribution in [1.82, 2.24) is 0 Å². The Morgan fingerprint density at radius 2 is 1.26 bits per heavy atom. The van der Waals surface area contributed by atoms with Crippen LogP contribution >= 0.6 is 11.3 Å². The Kier molecular flexibility index (Phi) is 11.4. The van der Waals surface area contributed by atoms with Crippen LogP contribution in [0.3, 0.4) is 0 Å². The molecule has 1 heterocycles. The van der Waals surface area contributed by atoms with Gasteiger partial charge in [-0.2, -0.15) is 0 Å². The van der Waals surface area contributed by atoms with Gasteiger partial charge < -0.3 is 19.7 Å². The summed E-state index contributed by atoms with van der Waals surface area (Å²) in [6.07, 6.45) is 0. The molecule has 1 aromatic heterocycles. The Morgan fingerprint density at radius 3 is 1.53 bits per heavy atom. The standard InChI is InChI=1S/C10H12O6S.2Na/c1-3-15-9(13)7-5(11)6(12)8(17-7)10(14)16-4-2;;/h11-12H,3-4H2,1-2H3;;. The molecular formula is C10H12Na2O6S. The van der Waals surface area contributed by atoms with Crippen molar-refractivity contribution in [2.45, 2.75) is 13.8 Å². The van der Waals surface area contributed by atoms with E-state index in [-0.39, 0.29) is 82.1 Å². The first-order valence-corrected chi connectivity index (χ1v) is 5.73. The molecule has 0 aromatic carbocycles. The van der Waals surface area contributed by atoms with Gasteiger partial charge in [0.25, 0.3) is 0 Å². The Bertz CT molecular complexity index is 407. The summed E-state index contributed by atoms with van der Waals surface area (Å²) in [5.74, 6) is -2.89. The summed E-state index contributed by atoms with van der Waals surface area (Å²) in [5, 5.41) is 19.0. The van der Waals surface area contributed by atoms with Crippen molar-refractivity contribution in [3.8, 4) is 11.5 Å². The maximum atomic E-state index is 11.4. The molecular weight excluding hydrogens is 294 g/mol. The van der Waals surface area contributed by atoms with E-state index < -0.39 is 23.4 Å². The van der Waals surface area contributed by atoms with Gasteiger partial charge in [0, 0.05) is 59.1 Å². The summed E-state index contributed by atoms with van der Waals surface area (Å²) in [4.78, 5) is 22.3. The van der Waals surface area contributed by atoms with Gasteiger partial charge in [-0.25, -0.2) is 9.59 Å². The van der Waals surface area contributed by atoms with Gasteiger partial charge in [-0.05, 0) is 13.8 Å². The van der Waals surface area contributed by atoms with Crippen LogP contribution < -0.4 is 0 Å². The van der Waals surface area contributed by atoms with Crippen molar-refractivity contribution < 1.29 is 29.3 Å². The van der Waals surface area contributed by atoms with E-state index in [2.05, 4.69) is 9.47 Å². The van der Waals surface area contributed by atoms with E-state index in [1.165, 1.54) is 0 Å². The fraction of sp³-hybridized carbons (Fsp3) is 0.400. The molecule has 2 radical (unpaired) electrons. The van der Waals surface area contributed by atoms with Gasteiger partial charge in [-0.1, -0.05) is 0 Å². The molecule has 0 fully saturated rings. The number of ether oxygens (including phenoxy) is 2. The van der Waals surface area contributed by atoms with Gasteiger partial charge >= 0.3 is 11.9 Å². The van der Waals surface area contributed by atoms with Crippen LogP contribution in [-0.2, 0) is 9.47 Å². The number of carbonyl (C=O) groups is 2. The zero-order chi connectivity index (χ0) is 13.0. The molecule has 0 aliphatic heterocycles. The van der Waals surface area contributed by atoms with Crippen LogP contribution in [0.1, 0.15) is 33.2 Å². The zero-order valence-electron chi connectivity index (χ0n) is 11.3. The summed E-state index contributed by atoms with van der Waals surface area (Å²) < 4.78 is 9.33. The van der Waals surface area contributed by atoms with Crippen LogP contribution in [0.25, 0.3) is 0 Å². The second-order valence-electron chi connectivity index (χ2n) is 2.90. The quantitative estimate of drug-likeness (QED) is 0.630. The first kappa shape index (κ1) is 21.5. The van der Waals surface area contributed by atoms with E-state index in [0.717, 1.165) is 0 Å². The average Bonchev–Trinajstić information content (AvgIpc) is 2.57. The van der Waals surface area contributed by atoms with Crippen molar-refractivity contribution in [2.75, 3.05) is 13.2 Å². The van der Waals surface area contributed by atoms with E-state index in [1.807, 2.05) is 0 Å². The zero-order valence-corrected chi connectivity index (χ0v) is 16.2. The topological polar surface area (TPSA) is 93.1 Å². The van der Waals surface area contributed by atoms with Gasteiger partial charge in [0.2, 0.25) is 0 Å². The molecule has 1 rings (SSSR count). The van der Waals surface area contributed by atoms with E-state index in [4.69, 9.17) is 0 Å². The SMILES string of the molecule is CCOC(=O)c1sc(C(=O)OCC)c(O)c1O.[Na].[Na]. The van der Waals surface area contributed by atoms with Crippen LogP contribution in [0.5, 0.6) is 11.5 Å². The first-order valence-electron chi connectivity index (χ1n) is 4.91. The summed E-state index contributed by atoms with van der Waals surface area (Å²) >= 11 is 0.633. The molecule has 0 amide bonds. The molecule has 0 spiro atoms. The van der Waals surface area contributed by atoms with Gasteiger partial charge in [-0.15, -0.1) is 11.3 Å². The average molecular weight is 306 g/mol. The van der Waals surface area contributed by atoms with Crippen LogP contribution in [0.4, 0.5) is 0 Å². The van der Waals surface area contributed by atoms with Crippen molar-refractivity contribution in [3.05, 3.63) is 9.75 Å². The van der Waals surface area contributed by atoms with Gasteiger partial charge in [-0.3, -0.25) is 0 Å². The van der Waals surface area contributed by atoms with Crippen LogP contribution in [0.15, 0.2) is 0 Å². The summed E-state index contributed by atoms with van der Waals surface area (Å²) in [6, 6.07) is 0. The second kappa shape index (κ2) is 10.0. The van der Waals surface area contributed by atoms with E-state index in [1.54, 1.807) is 13.8 Å². The molecule has 19 heavy (non-hydrogen) atoms. The van der Waals surface area contributed by atoms with Gasteiger partial charge in [0.1, 0.15) is 0 Å². The number of thiophene rings is 1. The van der Waals surface area contributed by atoms with Crippen molar-refractivity contribution in [2.24, 2.45) is 0 Å². The molecule has 0 aliphatic rings. The monoisotopic (exact) mass is 306 g/mol. The fourth-order valence-corrected chi connectivity index (χ4v) is 1.96. The Morgan fingerprint density at radius 1 is 0.947 bits per heavy atom. The molecule has 0 unspecified atom stereocenters.